The summed E-state index contributed by atoms with van der Waals surface area (Å²) in [6.07, 6.45) is 6.68. The van der Waals surface area contributed by atoms with Crippen molar-refractivity contribution in [1.82, 2.24) is 4.57 Å². The Hall–Kier alpha value is -5.77. The van der Waals surface area contributed by atoms with Crippen molar-refractivity contribution in [3.05, 3.63) is 186 Å². The Morgan fingerprint density at radius 2 is 1.41 bits per heavy atom. The maximum absolute atomic E-state index is 5.22. The first-order chi connectivity index (χ1) is 25.0. The van der Waals surface area contributed by atoms with Crippen LogP contribution >= 0.6 is 11.3 Å². The maximum Gasteiger partial charge on any atom is 0.0671 e. The second-order valence-electron chi connectivity index (χ2n) is 13.2. The Balaban J connectivity index is 1.21. The van der Waals surface area contributed by atoms with Crippen LogP contribution in [-0.2, 0) is 0 Å². The number of benzene rings is 6. The number of nitrogens with zero attached hydrogens (tertiary/aromatic N) is 2. The lowest BCUT2D eigenvalue weighted by atomic mass is 9.98. The van der Waals surface area contributed by atoms with E-state index in [1.165, 1.54) is 59.0 Å². The molecule has 0 N–H and O–H groups in total. The molecule has 248 valence electrons. The molecule has 6 aromatic carbocycles. The van der Waals surface area contributed by atoms with Crippen LogP contribution in [0, 0.1) is 6.92 Å². The van der Waals surface area contributed by atoms with E-state index in [1.54, 1.807) is 0 Å². The highest BCUT2D eigenvalue weighted by Gasteiger charge is 2.17. The quantitative estimate of drug-likeness (QED) is 0.143. The molecule has 0 spiro atoms. The van der Waals surface area contributed by atoms with Gasteiger partial charge in [-0.05, 0) is 78.9 Å². The summed E-state index contributed by atoms with van der Waals surface area (Å²) in [6.45, 7) is 8.67. The van der Waals surface area contributed by atoms with Gasteiger partial charge in [-0.1, -0.05) is 140 Å². The fourth-order valence-corrected chi connectivity index (χ4v) is 8.53. The summed E-state index contributed by atoms with van der Waals surface area (Å²) >= 11 is 1.88. The van der Waals surface area contributed by atoms with Crippen LogP contribution in [0.2, 0.25) is 0 Å². The van der Waals surface area contributed by atoms with Crippen molar-refractivity contribution in [3.63, 3.8) is 0 Å². The minimum atomic E-state index is 0.208. The second-order valence-corrected chi connectivity index (χ2v) is 14.3. The SMILES string of the molecule is C/C=C\c1c(C)n(-c2ccc(/C(=C/C(C)c3ccccc3)N=C(C)c3ccccc3)cc2)c2ccc(-c3cccc4c3sc3ccccc34)cc12. The molecular weight excluding hydrogens is 637 g/mol. The van der Waals surface area contributed by atoms with Crippen molar-refractivity contribution < 1.29 is 0 Å². The van der Waals surface area contributed by atoms with Crippen molar-refractivity contribution in [2.75, 3.05) is 0 Å². The highest BCUT2D eigenvalue weighted by atomic mass is 32.1. The first kappa shape index (κ1) is 32.4. The predicted molar refractivity (Wildman–Crippen MR) is 223 cm³/mol. The third-order valence-electron chi connectivity index (χ3n) is 9.94. The third-order valence-corrected chi connectivity index (χ3v) is 11.2. The zero-order valence-corrected chi connectivity index (χ0v) is 30.3. The van der Waals surface area contributed by atoms with Crippen LogP contribution in [0.15, 0.2) is 163 Å². The summed E-state index contributed by atoms with van der Waals surface area (Å²) in [4.78, 5) is 5.22. The largest absolute Gasteiger partial charge is 0.313 e. The van der Waals surface area contributed by atoms with Gasteiger partial charge in [0, 0.05) is 54.1 Å². The smallest absolute Gasteiger partial charge is 0.0671 e. The van der Waals surface area contributed by atoms with Crippen molar-refractivity contribution in [1.29, 1.82) is 0 Å². The van der Waals surface area contributed by atoms with Gasteiger partial charge in [0.1, 0.15) is 0 Å². The van der Waals surface area contributed by atoms with Gasteiger partial charge in [-0.25, -0.2) is 0 Å². The highest BCUT2D eigenvalue weighted by Crippen LogP contribution is 2.41. The van der Waals surface area contributed by atoms with Crippen molar-refractivity contribution in [3.8, 4) is 16.8 Å². The molecular formula is C48H40N2S. The molecule has 8 rings (SSSR count). The van der Waals surface area contributed by atoms with Crippen LogP contribution in [0.5, 0.6) is 0 Å². The summed E-state index contributed by atoms with van der Waals surface area (Å²) in [5, 5.41) is 3.91. The Labute approximate surface area is 304 Å². The fraction of sp³-hybridized carbons (Fsp3) is 0.104. The van der Waals surface area contributed by atoms with Gasteiger partial charge in [0.2, 0.25) is 0 Å². The molecule has 2 heterocycles. The average molecular weight is 677 g/mol. The Kier molecular flexibility index (Phi) is 8.81. The summed E-state index contributed by atoms with van der Waals surface area (Å²) < 4.78 is 5.06. The van der Waals surface area contributed by atoms with E-state index in [0.29, 0.717) is 0 Å². The minimum absolute atomic E-state index is 0.208. The molecule has 2 aromatic heterocycles. The standard InChI is InChI=1S/C48H40N2S/c1-5-15-40-34(4)50(46-29-26-38(31-44(40)46)41-21-14-22-43-42-20-12-13-23-47(42)51-48(41)43)39-27-24-37(25-28-39)45(30-32(2)35-16-8-6-9-17-35)49-33(3)36-18-10-7-11-19-36/h5-32H,1-4H3/b15-5-,45-30-,49-33?. The van der Waals surface area contributed by atoms with Crippen LogP contribution < -0.4 is 0 Å². The molecule has 0 saturated carbocycles. The van der Waals surface area contributed by atoms with Gasteiger partial charge >= 0.3 is 0 Å². The predicted octanol–water partition coefficient (Wildman–Crippen LogP) is 13.7. The molecule has 1 unspecified atom stereocenters. The topological polar surface area (TPSA) is 17.3 Å². The lowest BCUT2D eigenvalue weighted by Gasteiger charge is -2.13. The molecule has 0 saturated heterocycles. The number of rotatable bonds is 8. The number of fused-ring (bicyclic) bond motifs is 4. The van der Waals surface area contributed by atoms with E-state index in [1.807, 2.05) is 17.4 Å². The lowest BCUT2D eigenvalue weighted by molar-refractivity contribution is 0.967. The van der Waals surface area contributed by atoms with Gasteiger partial charge in [-0.2, -0.15) is 0 Å². The van der Waals surface area contributed by atoms with Gasteiger partial charge in [0.25, 0.3) is 0 Å². The number of allylic oxidation sites excluding steroid dienone is 2. The Morgan fingerprint density at radius 3 is 2.18 bits per heavy atom. The number of thiophene rings is 1. The molecule has 0 aliphatic rings. The van der Waals surface area contributed by atoms with E-state index < -0.39 is 0 Å². The van der Waals surface area contributed by atoms with E-state index in [2.05, 4.69) is 190 Å². The third kappa shape index (κ3) is 6.15. The fourth-order valence-electron chi connectivity index (χ4n) is 7.29. The average Bonchev–Trinajstić information content (AvgIpc) is 3.69. The molecule has 3 heteroatoms. The van der Waals surface area contributed by atoms with Gasteiger partial charge in [0.05, 0.1) is 11.2 Å². The van der Waals surface area contributed by atoms with Crippen LogP contribution in [0.3, 0.4) is 0 Å². The van der Waals surface area contributed by atoms with Gasteiger partial charge in [0.15, 0.2) is 0 Å². The van der Waals surface area contributed by atoms with E-state index in [-0.39, 0.29) is 5.92 Å². The summed E-state index contributed by atoms with van der Waals surface area (Å²) in [7, 11) is 0. The number of hydrogen-bond donors (Lipinski definition) is 0. The Morgan fingerprint density at radius 1 is 0.706 bits per heavy atom. The molecule has 0 aliphatic heterocycles. The van der Waals surface area contributed by atoms with Crippen LogP contribution in [0.25, 0.3) is 59.7 Å². The number of aliphatic imine (C=N–C) groups is 1. The molecule has 51 heavy (non-hydrogen) atoms. The first-order valence-corrected chi connectivity index (χ1v) is 18.5. The zero-order chi connectivity index (χ0) is 34.9. The summed E-state index contributed by atoms with van der Waals surface area (Å²) in [5.41, 5.74) is 12.8. The van der Waals surface area contributed by atoms with Crippen molar-refractivity contribution >= 4 is 59.9 Å². The first-order valence-electron chi connectivity index (χ1n) is 17.7. The van der Waals surface area contributed by atoms with Gasteiger partial charge < -0.3 is 4.57 Å². The van der Waals surface area contributed by atoms with Gasteiger partial charge in [-0.3, -0.25) is 4.99 Å². The maximum atomic E-state index is 5.22. The minimum Gasteiger partial charge on any atom is -0.313 e. The molecule has 0 aliphatic carbocycles. The van der Waals surface area contributed by atoms with Crippen LogP contribution in [0.4, 0.5) is 0 Å². The number of hydrogen-bond acceptors (Lipinski definition) is 2. The second kappa shape index (κ2) is 13.9. The van der Waals surface area contributed by atoms with E-state index in [9.17, 15) is 0 Å². The molecule has 0 fully saturated rings. The van der Waals surface area contributed by atoms with E-state index in [4.69, 9.17) is 4.99 Å². The monoisotopic (exact) mass is 676 g/mol. The molecule has 8 aromatic rings. The molecule has 0 radical (unpaired) electrons. The molecule has 1 atom stereocenters. The highest BCUT2D eigenvalue weighted by molar-refractivity contribution is 7.26. The normalized spacial score (nSPS) is 13.2. The van der Waals surface area contributed by atoms with E-state index in [0.717, 1.165) is 28.2 Å². The molecule has 0 amide bonds. The lowest BCUT2D eigenvalue weighted by Crippen LogP contribution is -1.99. The molecule has 2 nitrogen and oxygen atoms in total. The zero-order valence-electron chi connectivity index (χ0n) is 29.5. The van der Waals surface area contributed by atoms with Crippen LogP contribution in [-0.4, -0.2) is 10.3 Å². The summed E-state index contributed by atoms with van der Waals surface area (Å²) in [5.74, 6) is 0.208. The Bertz CT molecular complexity index is 2600. The summed E-state index contributed by atoms with van der Waals surface area (Å²) in [6, 6.07) is 52.4. The van der Waals surface area contributed by atoms with Crippen molar-refractivity contribution in [2.45, 2.75) is 33.6 Å². The van der Waals surface area contributed by atoms with Gasteiger partial charge in [-0.15, -0.1) is 11.3 Å². The number of aromatic nitrogens is 1. The van der Waals surface area contributed by atoms with Crippen LogP contribution in [0.1, 0.15) is 54.6 Å². The van der Waals surface area contributed by atoms with Crippen molar-refractivity contribution in [2.24, 2.45) is 4.99 Å². The van der Waals surface area contributed by atoms with E-state index >= 15 is 0 Å². The molecule has 0 bridgehead atoms.